The molecular formula is C26H27NO5. The van der Waals surface area contributed by atoms with Gasteiger partial charge in [0.05, 0.1) is 0 Å². The van der Waals surface area contributed by atoms with Crippen molar-refractivity contribution in [2.75, 3.05) is 0 Å². The van der Waals surface area contributed by atoms with Gasteiger partial charge in [-0.05, 0) is 42.2 Å². The van der Waals surface area contributed by atoms with Crippen LogP contribution in [0, 0.1) is 0 Å². The molecule has 1 atom stereocenters. The number of nitrogens with two attached hydrogens (primary N) is 1. The van der Waals surface area contributed by atoms with Gasteiger partial charge >= 0.3 is 11.9 Å². The fourth-order valence-electron chi connectivity index (χ4n) is 2.93. The maximum atomic E-state index is 9.55. The number of carboxylic acid groups (broad SMARTS) is 2. The number of aliphatic carboxylic acids is 2. The van der Waals surface area contributed by atoms with E-state index in [0.717, 1.165) is 17.7 Å². The van der Waals surface area contributed by atoms with Crippen LogP contribution in [-0.4, -0.2) is 22.2 Å². The zero-order chi connectivity index (χ0) is 23.4. The van der Waals surface area contributed by atoms with Crippen molar-refractivity contribution in [1.29, 1.82) is 0 Å². The molecule has 0 fully saturated rings. The number of hydrogen-bond acceptors (Lipinski definition) is 4. The van der Waals surface area contributed by atoms with Gasteiger partial charge in [-0.2, -0.15) is 0 Å². The van der Waals surface area contributed by atoms with Gasteiger partial charge in [-0.25, -0.2) is 9.59 Å². The average molecular weight is 434 g/mol. The molecule has 3 aromatic rings. The highest BCUT2D eigenvalue weighted by Crippen LogP contribution is 2.24. The molecule has 0 aliphatic heterocycles. The first kappa shape index (κ1) is 24.4. The summed E-state index contributed by atoms with van der Waals surface area (Å²) in [7, 11) is 0. The van der Waals surface area contributed by atoms with E-state index >= 15 is 0 Å². The van der Waals surface area contributed by atoms with Gasteiger partial charge in [0.2, 0.25) is 0 Å². The molecule has 166 valence electrons. The van der Waals surface area contributed by atoms with Crippen molar-refractivity contribution < 1.29 is 24.5 Å². The molecule has 0 heterocycles. The molecule has 32 heavy (non-hydrogen) atoms. The van der Waals surface area contributed by atoms with E-state index in [1.807, 2.05) is 48.5 Å². The minimum atomic E-state index is -1.26. The smallest absolute Gasteiger partial charge is 0.328 e. The molecule has 0 aliphatic carbocycles. The lowest BCUT2D eigenvalue weighted by Crippen LogP contribution is -2.35. The number of rotatable bonds is 8. The lowest BCUT2D eigenvalue weighted by molar-refractivity contribution is -0.134. The highest BCUT2D eigenvalue weighted by atomic mass is 16.5. The molecule has 6 heteroatoms. The molecule has 0 amide bonds. The second kappa shape index (κ2) is 12.1. The lowest BCUT2D eigenvalue weighted by Gasteiger charge is -2.25. The van der Waals surface area contributed by atoms with Gasteiger partial charge < -0.3 is 20.7 Å². The van der Waals surface area contributed by atoms with Crippen LogP contribution in [0.3, 0.4) is 0 Å². The van der Waals surface area contributed by atoms with E-state index in [9.17, 15) is 9.59 Å². The topological polar surface area (TPSA) is 110 Å². The summed E-state index contributed by atoms with van der Waals surface area (Å²) in [4.78, 5) is 19.1. The normalized spacial score (nSPS) is 12.3. The van der Waals surface area contributed by atoms with Crippen molar-refractivity contribution in [3.63, 3.8) is 0 Å². The Morgan fingerprint density at radius 3 is 1.81 bits per heavy atom. The van der Waals surface area contributed by atoms with E-state index in [1.165, 1.54) is 11.1 Å². The summed E-state index contributed by atoms with van der Waals surface area (Å²) in [5.41, 5.74) is 9.65. The second-order valence-corrected chi connectivity index (χ2v) is 7.39. The van der Waals surface area contributed by atoms with Crippen molar-refractivity contribution in [3.8, 4) is 5.75 Å². The van der Waals surface area contributed by atoms with Gasteiger partial charge in [0.1, 0.15) is 12.4 Å². The molecule has 6 nitrogen and oxygen atoms in total. The third-order valence-electron chi connectivity index (χ3n) is 4.54. The molecule has 0 radical (unpaired) electrons. The standard InChI is InChI=1S/C22H23NO.C4H4O4/c1-22(23,20-10-6-3-7-11-20)16-18-12-14-21(15-13-18)24-17-19-8-4-2-5-9-19;5-3(6)1-2-4(7)8/h2-15H,16-17,23H2,1H3;1-2H,(H,5,6)(H,7,8)/b;2-1-. The summed E-state index contributed by atoms with van der Waals surface area (Å²) < 4.78 is 5.83. The average Bonchev–Trinajstić information content (AvgIpc) is 2.79. The predicted molar refractivity (Wildman–Crippen MR) is 123 cm³/mol. The molecule has 1 unspecified atom stereocenters. The number of carbonyl (C=O) groups is 2. The van der Waals surface area contributed by atoms with E-state index in [0.29, 0.717) is 18.8 Å². The van der Waals surface area contributed by atoms with E-state index in [1.54, 1.807) is 0 Å². The minimum Gasteiger partial charge on any atom is -0.489 e. The van der Waals surface area contributed by atoms with Crippen LogP contribution in [-0.2, 0) is 28.2 Å². The Kier molecular flexibility index (Phi) is 9.20. The highest BCUT2D eigenvalue weighted by molar-refractivity contribution is 5.89. The highest BCUT2D eigenvalue weighted by Gasteiger charge is 2.21. The van der Waals surface area contributed by atoms with Crippen LogP contribution in [0.25, 0.3) is 0 Å². The van der Waals surface area contributed by atoms with Crippen LogP contribution in [0.2, 0.25) is 0 Å². The summed E-state index contributed by atoms with van der Waals surface area (Å²) in [5, 5.41) is 15.6. The fraction of sp³-hybridized carbons (Fsp3) is 0.154. The minimum absolute atomic E-state index is 0.381. The van der Waals surface area contributed by atoms with Gasteiger partial charge in [-0.15, -0.1) is 0 Å². The Balaban J connectivity index is 0.000000390. The quantitative estimate of drug-likeness (QED) is 0.455. The lowest BCUT2D eigenvalue weighted by atomic mass is 9.87. The maximum Gasteiger partial charge on any atom is 0.328 e. The molecular weight excluding hydrogens is 406 g/mol. The van der Waals surface area contributed by atoms with Gasteiger partial charge in [0.15, 0.2) is 0 Å². The largest absolute Gasteiger partial charge is 0.489 e. The Hall–Kier alpha value is -3.90. The van der Waals surface area contributed by atoms with E-state index < -0.39 is 11.9 Å². The molecule has 0 aliphatic rings. The maximum absolute atomic E-state index is 9.55. The Morgan fingerprint density at radius 1 is 0.812 bits per heavy atom. The zero-order valence-corrected chi connectivity index (χ0v) is 17.8. The van der Waals surface area contributed by atoms with Gasteiger partial charge in [-0.3, -0.25) is 0 Å². The summed E-state index contributed by atoms with van der Waals surface area (Å²) in [6, 6.07) is 28.6. The summed E-state index contributed by atoms with van der Waals surface area (Å²) >= 11 is 0. The third kappa shape index (κ3) is 8.85. The molecule has 3 aromatic carbocycles. The fourth-order valence-corrected chi connectivity index (χ4v) is 2.93. The monoisotopic (exact) mass is 433 g/mol. The second-order valence-electron chi connectivity index (χ2n) is 7.39. The number of ether oxygens (including phenoxy) is 1. The van der Waals surface area contributed by atoms with Crippen LogP contribution in [0.5, 0.6) is 5.75 Å². The van der Waals surface area contributed by atoms with E-state index in [2.05, 4.69) is 43.3 Å². The Bertz CT molecular complexity index is 997. The van der Waals surface area contributed by atoms with E-state index in [4.69, 9.17) is 20.7 Å². The third-order valence-corrected chi connectivity index (χ3v) is 4.54. The summed E-state index contributed by atoms with van der Waals surface area (Å²) in [6.45, 7) is 2.65. The first-order valence-corrected chi connectivity index (χ1v) is 10.0. The van der Waals surface area contributed by atoms with Gasteiger partial charge in [-0.1, -0.05) is 72.8 Å². The van der Waals surface area contributed by atoms with E-state index in [-0.39, 0.29) is 5.54 Å². The van der Waals surface area contributed by atoms with Crippen molar-refractivity contribution in [2.24, 2.45) is 5.73 Å². The predicted octanol–water partition coefficient (Wildman–Crippen LogP) is 4.39. The number of carboxylic acids is 2. The van der Waals surface area contributed by atoms with Crippen molar-refractivity contribution in [3.05, 3.63) is 114 Å². The van der Waals surface area contributed by atoms with Crippen molar-refractivity contribution in [2.45, 2.75) is 25.5 Å². The van der Waals surface area contributed by atoms with Crippen LogP contribution in [0.15, 0.2) is 97.1 Å². The van der Waals surface area contributed by atoms with Crippen molar-refractivity contribution in [1.82, 2.24) is 0 Å². The Morgan fingerprint density at radius 2 is 1.31 bits per heavy atom. The zero-order valence-electron chi connectivity index (χ0n) is 17.8. The molecule has 0 spiro atoms. The van der Waals surface area contributed by atoms with Gasteiger partial charge in [0, 0.05) is 17.7 Å². The number of hydrogen-bond donors (Lipinski definition) is 3. The molecule has 4 N–H and O–H groups in total. The van der Waals surface area contributed by atoms with Gasteiger partial charge in [0.25, 0.3) is 0 Å². The molecule has 0 saturated heterocycles. The van der Waals surface area contributed by atoms with Crippen LogP contribution < -0.4 is 10.5 Å². The summed E-state index contributed by atoms with van der Waals surface area (Å²) in [5.74, 6) is -1.64. The first-order chi connectivity index (χ1) is 15.3. The molecule has 3 rings (SSSR count). The van der Waals surface area contributed by atoms with Crippen molar-refractivity contribution >= 4 is 11.9 Å². The van der Waals surface area contributed by atoms with Crippen LogP contribution >= 0.6 is 0 Å². The Labute approximate surface area is 187 Å². The first-order valence-electron chi connectivity index (χ1n) is 10.0. The summed E-state index contributed by atoms with van der Waals surface area (Å²) in [6.07, 6.45) is 1.90. The molecule has 0 bridgehead atoms. The SMILES string of the molecule is CC(N)(Cc1ccc(OCc2ccccc2)cc1)c1ccccc1.O=C(O)/C=C\C(=O)O. The number of benzene rings is 3. The molecule has 0 saturated carbocycles. The molecule has 0 aromatic heterocycles. The van der Waals surface area contributed by atoms with Crippen LogP contribution in [0.1, 0.15) is 23.6 Å². The van der Waals surface area contributed by atoms with Crippen LogP contribution in [0.4, 0.5) is 0 Å².